The average Bonchev–Trinajstić information content (AvgIpc) is 2.86. The highest BCUT2D eigenvalue weighted by Crippen LogP contribution is 2.21. The van der Waals surface area contributed by atoms with E-state index in [0.29, 0.717) is 10.4 Å². The van der Waals surface area contributed by atoms with Crippen LogP contribution >= 0.6 is 31.9 Å². The van der Waals surface area contributed by atoms with Crippen LogP contribution in [0.15, 0.2) is 49.0 Å². The number of nitrogens with zero attached hydrogens (tertiary/aromatic N) is 1. The van der Waals surface area contributed by atoms with E-state index in [-0.39, 0.29) is 5.76 Å². The number of benzene rings is 1. The van der Waals surface area contributed by atoms with Crippen molar-refractivity contribution in [1.82, 2.24) is 5.43 Å². The summed E-state index contributed by atoms with van der Waals surface area (Å²) in [6.07, 6.45) is 1.50. The van der Waals surface area contributed by atoms with E-state index in [1.165, 1.54) is 6.21 Å². The first-order chi connectivity index (χ1) is 9.60. The molecule has 1 heterocycles. The Morgan fingerprint density at radius 1 is 1.35 bits per heavy atom. The van der Waals surface area contributed by atoms with E-state index in [1.54, 1.807) is 25.3 Å². The topological polar surface area (TPSA) is 63.8 Å². The van der Waals surface area contributed by atoms with Crippen molar-refractivity contribution in [3.8, 4) is 5.75 Å². The van der Waals surface area contributed by atoms with Crippen molar-refractivity contribution in [2.45, 2.75) is 0 Å². The third kappa shape index (κ3) is 3.71. The van der Waals surface area contributed by atoms with Gasteiger partial charge in [-0.1, -0.05) is 15.9 Å². The summed E-state index contributed by atoms with van der Waals surface area (Å²) in [5.41, 5.74) is 3.12. The summed E-state index contributed by atoms with van der Waals surface area (Å²) < 4.78 is 11.7. The molecule has 0 atom stereocenters. The standard InChI is InChI=1S/C13H10Br2N2O3/c1-19-10-3-2-9(14)6-8(10)7-16-17-13(18)11-4-5-12(15)20-11/h2-7H,1H3,(H,17,18). The van der Waals surface area contributed by atoms with Gasteiger partial charge in [-0.15, -0.1) is 0 Å². The fourth-order valence-electron chi connectivity index (χ4n) is 1.46. The van der Waals surface area contributed by atoms with Gasteiger partial charge in [0.1, 0.15) is 5.75 Å². The molecule has 0 unspecified atom stereocenters. The number of ether oxygens (including phenoxy) is 1. The molecule has 5 nitrogen and oxygen atoms in total. The summed E-state index contributed by atoms with van der Waals surface area (Å²) in [5.74, 6) is 0.406. The first kappa shape index (κ1) is 14.8. The minimum absolute atomic E-state index is 0.176. The van der Waals surface area contributed by atoms with Crippen LogP contribution in [-0.4, -0.2) is 19.2 Å². The van der Waals surface area contributed by atoms with E-state index < -0.39 is 5.91 Å². The van der Waals surface area contributed by atoms with Crippen LogP contribution in [0, 0.1) is 0 Å². The van der Waals surface area contributed by atoms with E-state index in [9.17, 15) is 4.79 Å². The smallest absolute Gasteiger partial charge is 0.307 e. The zero-order valence-corrected chi connectivity index (χ0v) is 13.6. The van der Waals surface area contributed by atoms with Gasteiger partial charge in [0, 0.05) is 10.0 Å². The molecule has 2 aromatic rings. The van der Waals surface area contributed by atoms with Crippen LogP contribution < -0.4 is 10.2 Å². The molecule has 1 aromatic heterocycles. The van der Waals surface area contributed by atoms with Crippen molar-refractivity contribution < 1.29 is 13.9 Å². The molecule has 0 aliphatic carbocycles. The minimum atomic E-state index is -0.430. The van der Waals surface area contributed by atoms with Crippen molar-refractivity contribution in [3.63, 3.8) is 0 Å². The maximum atomic E-state index is 11.7. The van der Waals surface area contributed by atoms with E-state index in [2.05, 4.69) is 42.4 Å². The molecular formula is C13H10Br2N2O3. The first-order valence-electron chi connectivity index (χ1n) is 5.52. The molecule has 0 spiro atoms. The van der Waals surface area contributed by atoms with Crippen LogP contribution in [0.4, 0.5) is 0 Å². The Hall–Kier alpha value is -1.60. The molecule has 7 heteroatoms. The minimum Gasteiger partial charge on any atom is -0.496 e. The van der Waals surface area contributed by atoms with Gasteiger partial charge < -0.3 is 9.15 Å². The van der Waals surface area contributed by atoms with Gasteiger partial charge in [0.15, 0.2) is 10.4 Å². The molecule has 104 valence electrons. The maximum absolute atomic E-state index is 11.7. The van der Waals surface area contributed by atoms with E-state index in [1.807, 2.05) is 12.1 Å². The lowest BCUT2D eigenvalue weighted by molar-refractivity contribution is 0.0926. The molecule has 20 heavy (non-hydrogen) atoms. The molecule has 1 aromatic carbocycles. The summed E-state index contributed by atoms with van der Waals surface area (Å²) in [6.45, 7) is 0. The van der Waals surface area contributed by atoms with Crippen LogP contribution in [0.2, 0.25) is 0 Å². The van der Waals surface area contributed by atoms with Gasteiger partial charge in [-0.25, -0.2) is 5.43 Å². The summed E-state index contributed by atoms with van der Waals surface area (Å²) >= 11 is 6.49. The van der Waals surface area contributed by atoms with Crippen molar-refractivity contribution in [1.29, 1.82) is 0 Å². The SMILES string of the molecule is COc1ccc(Br)cc1C=NNC(=O)c1ccc(Br)o1. The molecular weight excluding hydrogens is 392 g/mol. The zero-order valence-electron chi connectivity index (χ0n) is 10.4. The van der Waals surface area contributed by atoms with Gasteiger partial charge >= 0.3 is 5.91 Å². The third-order valence-corrected chi connectivity index (χ3v) is 3.28. The highest BCUT2D eigenvalue weighted by Gasteiger charge is 2.09. The number of nitrogens with one attached hydrogen (secondary N) is 1. The monoisotopic (exact) mass is 400 g/mol. The number of methoxy groups -OCH3 is 1. The predicted molar refractivity (Wildman–Crippen MR) is 82.2 cm³/mol. The van der Waals surface area contributed by atoms with Crippen LogP contribution in [0.5, 0.6) is 5.75 Å². The highest BCUT2D eigenvalue weighted by molar-refractivity contribution is 9.10. The fraction of sp³-hybridized carbons (Fsp3) is 0.0769. The molecule has 0 saturated heterocycles. The van der Waals surface area contributed by atoms with Gasteiger partial charge in [0.2, 0.25) is 0 Å². The lowest BCUT2D eigenvalue weighted by atomic mass is 10.2. The Morgan fingerprint density at radius 2 is 2.15 bits per heavy atom. The Morgan fingerprint density at radius 3 is 2.80 bits per heavy atom. The zero-order chi connectivity index (χ0) is 14.5. The average molecular weight is 402 g/mol. The van der Waals surface area contributed by atoms with Crippen molar-refractivity contribution in [2.75, 3.05) is 7.11 Å². The van der Waals surface area contributed by atoms with Crippen LogP contribution in [0.3, 0.4) is 0 Å². The van der Waals surface area contributed by atoms with E-state index in [0.717, 1.165) is 10.0 Å². The Labute approximate surface area is 132 Å². The number of hydrogen-bond donors (Lipinski definition) is 1. The van der Waals surface area contributed by atoms with Crippen LogP contribution in [-0.2, 0) is 0 Å². The molecule has 1 N–H and O–H groups in total. The Bertz CT molecular complexity index is 653. The normalized spacial score (nSPS) is 10.8. The van der Waals surface area contributed by atoms with Crippen molar-refractivity contribution in [2.24, 2.45) is 5.10 Å². The second-order valence-corrected chi connectivity index (χ2v) is 5.39. The van der Waals surface area contributed by atoms with Gasteiger partial charge in [0.25, 0.3) is 0 Å². The first-order valence-corrected chi connectivity index (χ1v) is 7.11. The molecule has 2 rings (SSSR count). The van der Waals surface area contributed by atoms with Crippen molar-refractivity contribution in [3.05, 3.63) is 50.8 Å². The lowest BCUT2D eigenvalue weighted by Gasteiger charge is -2.04. The van der Waals surface area contributed by atoms with Gasteiger partial charge in [-0.2, -0.15) is 5.10 Å². The van der Waals surface area contributed by atoms with Crippen LogP contribution in [0.25, 0.3) is 0 Å². The van der Waals surface area contributed by atoms with Crippen LogP contribution in [0.1, 0.15) is 16.1 Å². The van der Waals surface area contributed by atoms with Gasteiger partial charge in [0.05, 0.1) is 13.3 Å². The second kappa shape index (κ2) is 6.71. The number of hydrogen-bond acceptors (Lipinski definition) is 4. The molecule has 0 saturated carbocycles. The number of amides is 1. The van der Waals surface area contributed by atoms with Crippen molar-refractivity contribution >= 4 is 44.0 Å². The Balaban J connectivity index is 2.07. The number of halogens is 2. The van der Waals surface area contributed by atoms with Gasteiger partial charge in [-0.3, -0.25) is 4.79 Å². The second-order valence-electron chi connectivity index (χ2n) is 3.69. The van der Waals surface area contributed by atoms with Gasteiger partial charge in [-0.05, 0) is 46.3 Å². The fourth-order valence-corrected chi connectivity index (χ4v) is 2.14. The number of carbonyl (C=O) groups excluding carboxylic acids is 1. The number of furan rings is 1. The number of rotatable bonds is 4. The molecule has 0 aliphatic heterocycles. The quantitative estimate of drug-likeness (QED) is 0.629. The number of hydrazone groups is 1. The highest BCUT2D eigenvalue weighted by atomic mass is 79.9. The third-order valence-electron chi connectivity index (χ3n) is 2.36. The summed E-state index contributed by atoms with van der Waals surface area (Å²) in [6, 6.07) is 8.68. The molecule has 1 amide bonds. The molecule has 0 fully saturated rings. The summed E-state index contributed by atoms with van der Waals surface area (Å²) in [4.78, 5) is 11.7. The molecule has 0 radical (unpaired) electrons. The largest absolute Gasteiger partial charge is 0.496 e. The van der Waals surface area contributed by atoms with E-state index in [4.69, 9.17) is 9.15 Å². The number of carbonyl (C=O) groups is 1. The summed E-state index contributed by atoms with van der Waals surface area (Å²) in [7, 11) is 1.57. The predicted octanol–water partition coefficient (Wildman–Crippen LogP) is 3.58. The molecule has 0 aliphatic rings. The molecule has 0 bridgehead atoms. The lowest BCUT2D eigenvalue weighted by Crippen LogP contribution is -2.16. The Kier molecular flexibility index (Phi) is 4.97. The maximum Gasteiger partial charge on any atom is 0.307 e. The summed E-state index contributed by atoms with van der Waals surface area (Å²) in [5, 5.41) is 3.88. The van der Waals surface area contributed by atoms with E-state index >= 15 is 0 Å².